The molecule has 0 unspecified atom stereocenters. The van der Waals surface area contributed by atoms with Crippen molar-refractivity contribution in [2.45, 2.75) is 38.9 Å². The molecular weight excluding hydrogens is 236 g/mol. The zero-order chi connectivity index (χ0) is 12.1. The van der Waals surface area contributed by atoms with Crippen molar-refractivity contribution < 1.29 is 22.2 Å². The maximum absolute atomic E-state index is 11.2. The van der Waals surface area contributed by atoms with Crippen molar-refractivity contribution in [1.29, 1.82) is 0 Å². The van der Waals surface area contributed by atoms with Crippen LogP contribution in [0, 0.1) is 0 Å². The Kier molecular flexibility index (Phi) is 5.47. The molecule has 0 aromatic rings. The van der Waals surface area contributed by atoms with Gasteiger partial charge in [0.2, 0.25) is 0 Å². The Labute approximate surface area is 91.7 Å². The minimum absolute atomic E-state index is 0.761. The third kappa shape index (κ3) is 5.29. The van der Waals surface area contributed by atoms with E-state index in [4.69, 9.17) is 8.98 Å². The van der Waals surface area contributed by atoms with E-state index in [0.29, 0.717) is 0 Å². The molecule has 90 valence electrons. The summed E-state index contributed by atoms with van der Waals surface area (Å²) >= 11 is 0. The standard InChI is InChI=1S/C8H18O5SSi/c1-4-15(5-2,6-3)13-8(9)7-14(10,11)12/h4-7H2,1-3H3,(H,10,11,12). The van der Waals surface area contributed by atoms with Gasteiger partial charge in [-0.05, 0) is 18.1 Å². The molecule has 0 atom stereocenters. The second-order valence-corrected chi connectivity index (χ2v) is 9.59. The van der Waals surface area contributed by atoms with Gasteiger partial charge in [-0.2, -0.15) is 8.42 Å². The fraction of sp³-hybridized carbons (Fsp3) is 0.875. The SMILES string of the molecule is CC[Si](CC)(CC)OC(=O)CS(=O)(=O)O. The van der Waals surface area contributed by atoms with Crippen LogP contribution in [0.1, 0.15) is 20.8 Å². The predicted molar refractivity (Wildman–Crippen MR) is 59.7 cm³/mol. The molecule has 7 heteroatoms. The molecular formula is C8H18O5SSi. The molecule has 0 aliphatic rings. The van der Waals surface area contributed by atoms with Crippen LogP contribution in [0.15, 0.2) is 0 Å². The van der Waals surface area contributed by atoms with Crippen molar-refractivity contribution in [1.82, 2.24) is 0 Å². The van der Waals surface area contributed by atoms with E-state index in [-0.39, 0.29) is 0 Å². The van der Waals surface area contributed by atoms with Crippen molar-refractivity contribution in [3.8, 4) is 0 Å². The van der Waals surface area contributed by atoms with Crippen molar-refractivity contribution >= 4 is 24.4 Å². The van der Waals surface area contributed by atoms with Crippen LogP contribution in [0.3, 0.4) is 0 Å². The molecule has 0 aromatic carbocycles. The lowest BCUT2D eigenvalue weighted by Gasteiger charge is -2.27. The summed E-state index contributed by atoms with van der Waals surface area (Å²) in [5.74, 6) is -1.78. The van der Waals surface area contributed by atoms with Crippen molar-refractivity contribution in [3.63, 3.8) is 0 Å². The molecule has 1 N–H and O–H groups in total. The monoisotopic (exact) mass is 254 g/mol. The van der Waals surface area contributed by atoms with Gasteiger partial charge in [0.1, 0.15) is 0 Å². The van der Waals surface area contributed by atoms with Gasteiger partial charge in [0.25, 0.3) is 18.4 Å². The van der Waals surface area contributed by atoms with E-state index in [9.17, 15) is 13.2 Å². The van der Waals surface area contributed by atoms with Crippen molar-refractivity contribution in [2.24, 2.45) is 0 Å². The van der Waals surface area contributed by atoms with Crippen LogP contribution in [-0.4, -0.2) is 33.0 Å². The Morgan fingerprint density at radius 2 is 1.60 bits per heavy atom. The molecule has 0 bridgehead atoms. The minimum atomic E-state index is -4.27. The molecule has 0 aliphatic carbocycles. The smallest absolute Gasteiger partial charge is 0.310 e. The Morgan fingerprint density at radius 3 is 1.87 bits per heavy atom. The first-order chi connectivity index (χ1) is 6.78. The summed E-state index contributed by atoms with van der Waals surface area (Å²) in [5.41, 5.74) is 0. The first-order valence-corrected chi connectivity index (χ1v) is 9.09. The third-order valence-electron chi connectivity index (χ3n) is 2.56. The topological polar surface area (TPSA) is 80.7 Å². The van der Waals surface area contributed by atoms with E-state index in [1.165, 1.54) is 0 Å². The van der Waals surface area contributed by atoms with Crippen LogP contribution in [0.4, 0.5) is 0 Å². The summed E-state index contributed by atoms with van der Waals surface area (Å²) in [6, 6.07) is 2.28. The minimum Gasteiger partial charge on any atom is -0.518 e. The number of rotatable bonds is 6. The molecule has 0 amide bonds. The quantitative estimate of drug-likeness (QED) is 0.573. The summed E-state index contributed by atoms with van der Waals surface area (Å²) < 4.78 is 34.6. The summed E-state index contributed by atoms with van der Waals surface area (Å²) in [6.07, 6.45) is 0. The first-order valence-electron chi connectivity index (χ1n) is 4.95. The average Bonchev–Trinajstić information content (AvgIpc) is 2.11. The molecule has 0 heterocycles. The van der Waals surface area contributed by atoms with E-state index in [1.54, 1.807) is 0 Å². The van der Waals surface area contributed by atoms with Gasteiger partial charge >= 0.3 is 5.97 Å². The van der Waals surface area contributed by atoms with Crippen LogP contribution in [0.25, 0.3) is 0 Å². The van der Waals surface area contributed by atoms with Gasteiger partial charge in [-0.3, -0.25) is 9.35 Å². The summed E-state index contributed by atoms with van der Waals surface area (Å²) in [6.45, 7) is 5.79. The van der Waals surface area contributed by atoms with Gasteiger partial charge in [0.15, 0.2) is 5.75 Å². The largest absolute Gasteiger partial charge is 0.518 e. The molecule has 0 fully saturated rings. The van der Waals surface area contributed by atoms with E-state index in [1.807, 2.05) is 20.8 Å². The summed E-state index contributed by atoms with van der Waals surface area (Å²) in [4.78, 5) is 11.2. The molecule has 0 saturated heterocycles. The van der Waals surface area contributed by atoms with Crippen LogP contribution in [0.2, 0.25) is 18.1 Å². The molecule has 0 radical (unpaired) electrons. The highest BCUT2D eigenvalue weighted by Crippen LogP contribution is 2.21. The zero-order valence-electron chi connectivity index (χ0n) is 9.32. The normalized spacial score (nSPS) is 12.5. The highest BCUT2D eigenvalue weighted by Gasteiger charge is 2.33. The van der Waals surface area contributed by atoms with Gasteiger partial charge in [0, 0.05) is 0 Å². The van der Waals surface area contributed by atoms with Crippen LogP contribution >= 0.6 is 0 Å². The lowest BCUT2D eigenvalue weighted by molar-refractivity contribution is -0.132. The van der Waals surface area contributed by atoms with Crippen LogP contribution in [0.5, 0.6) is 0 Å². The van der Waals surface area contributed by atoms with Gasteiger partial charge in [-0.1, -0.05) is 20.8 Å². The maximum atomic E-state index is 11.2. The highest BCUT2D eigenvalue weighted by molar-refractivity contribution is 7.86. The lowest BCUT2D eigenvalue weighted by Crippen LogP contribution is -2.39. The molecule has 15 heavy (non-hydrogen) atoms. The molecule has 0 rings (SSSR count). The average molecular weight is 254 g/mol. The fourth-order valence-electron chi connectivity index (χ4n) is 1.39. The van der Waals surface area contributed by atoms with Gasteiger partial charge in [-0.15, -0.1) is 0 Å². The van der Waals surface area contributed by atoms with Crippen molar-refractivity contribution in [2.75, 3.05) is 5.75 Å². The van der Waals surface area contributed by atoms with Gasteiger partial charge < -0.3 is 4.43 Å². The van der Waals surface area contributed by atoms with E-state index in [2.05, 4.69) is 0 Å². The first kappa shape index (κ1) is 14.6. The van der Waals surface area contributed by atoms with Crippen LogP contribution < -0.4 is 0 Å². The Balaban J connectivity index is 4.50. The van der Waals surface area contributed by atoms with E-state index < -0.39 is 30.2 Å². The van der Waals surface area contributed by atoms with E-state index >= 15 is 0 Å². The summed E-state index contributed by atoms with van der Waals surface area (Å²) in [7, 11) is -6.38. The van der Waals surface area contributed by atoms with Gasteiger partial charge in [0.05, 0.1) is 0 Å². The molecule has 0 saturated carbocycles. The second-order valence-electron chi connectivity index (χ2n) is 3.44. The highest BCUT2D eigenvalue weighted by atomic mass is 32.2. The predicted octanol–water partition coefficient (Wildman–Crippen LogP) is 1.42. The molecule has 0 spiro atoms. The fourth-order valence-corrected chi connectivity index (χ4v) is 4.34. The van der Waals surface area contributed by atoms with Gasteiger partial charge in [-0.25, -0.2) is 0 Å². The molecule has 0 aromatic heterocycles. The number of hydrogen-bond acceptors (Lipinski definition) is 4. The second kappa shape index (κ2) is 5.62. The van der Waals surface area contributed by atoms with Crippen molar-refractivity contribution in [3.05, 3.63) is 0 Å². The zero-order valence-corrected chi connectivity index (χ0v) is 11.1. The number of hydrogen-bond donors (Lipinski definition) is 1. The molecule has 0 aliphatic heterocycles. The van der Waals surface area contributed by atoms with Crippen LogP contribution in [-0.2, 0) is 19.3 Å². The maximum Gasteiger partial charge on any atom is 0.310 e. The number of carbonyl (C=O) groups excluding carboxylic acids is 1. The van der Waals surface area contributed by atoms with E-state index in [0.717, 1.165) is 18.1 Å². The Hall–Kier alpha value is -0.403. The number of carbonyl (C=O) groups is 1. The molecule has 5 nitrogen and oxygen atoms in total. The third-order valence-corrected chi connectivity index (χ3v) is 7.69. The Bertz CT molecular complexity index is 299. The summed E-state index contributed by atoms with van der Waals surface area (Å²) in [5, 5.41) is 0. The Morgan fingerprint density at radius 1 is 1.20 bits per heavy atom. The lowest BCUT2D eigenvalue weighted by atomic mass is 10.8.